The number of hydrogen-bond acceptors (Lipinski definition) is 1. The molecule has 29 heavy (non-hydrogen) atoms. The summed E-state index contributed by atoms with van der Waals surface area (Å²) in [6.07, 6.45) is 9.96. The highest BCUT2D eigenvalue weighted by atomic mass is 15.2. The molecule has 0 radical (unpaired) electrons. The van der Waals surface area contributed by atoms with Gasteiger partial charge in [0.2, 0.25) is 0 Å². The summed E-state index contributed by atoms with van der Waals surface area (Å²) in [4.78, 5) is 6.19. The molecule has 4 aromatic rings. The third kappa shape index (κ3) is 2.23. The van der Waals surface area contributed by atoms with Crippen molar-refractivity contribution >= 4 is 33.2 Å². The number of allylic oxidation sites excluding steroid dienone is 2. The van der Waals surface area contributed by atoms with Gasteiger partial charge in [-0.15, -0.1) is 0 Å². The van der Waals surface area contributed by atoms with Gasteiger partial charge in [0.15, 0.2) is 0 Å². The summed E-state index contributed by atoms with van der Waals surface area (Å²) in [6.45, 7) is 4.75. The minimum absolute atomic E-state index is 0.0822. The van der Waals surface area contributed by atoms with E-state index in [1.165, 1.54) is 44.3 Å². The van der Waals surface area contributed by atoms with E-state index < -0.39 is 0 Å². The van der Waals surface area contributed by atoms with E-state index in [4.69, 9.17) is 0 Å². The topological polar surface area (TPSA) is 19.0 Å². The van der Waals surface area contributed by atoms with E-state index in [1.807, 2.05) is 0 Å². The quantitative estimate of drug-likeness (QED) is 0.379. The van der Waals surface area contributed by atoms with E-state index in [9.17, 15) is 0 Å². The van der Waals surface area contributed by atoms with E-state index in [2.05, 4.69) is 109 Å². The SMILES string of the molecule is CC1(C)c2ccccc2N(C2C=CC=CC2)c2ccc3[nH]c4ccccc4c3c21. The molecule has 0 saturated carbocycles. The van der Waals surface area contributed by atoms with Crippen LogP contribution in [0.25, 0.3) is 21.8 Å². The lowest BCUT2D eigenvalue weighted by Crippen LogP contribution is -2.38. The van der Waals surface area contributed by atoms with Gasteiger partial charge in [-0.2, -0.15) is 0 Å². The number of anilines is 2. The molecule has 2 heteroatoms. The minimum Gasteiger partial charge on any atom is -0.354 e. The van der Waals surface area contributed by atoms with Crippen molar-refractivity contribution in [2.45, 2.75) is 31.7 Å². The maximum Gasteiger partial charge on any atom is 0.0560 e. The lowest BCUT2D eigenvalue weighted by molar-refractivity contribution is 0.620. The predicted molar refractivity (Wildman–Crippen MR) is 123 cm³/mol. The van der Waals surface area contributed by atoms with Crippen molar-refractivity contribution in [3.8, 4) is 0 Å². The molecule has 142 valence electrons. The van der Waals surface area contributed by atoms with Crippen molar-refractivity contribution < 1.29 is 0 Å². The standard InChI is InChI=1S/C27H24N2/c1-27(2)20-13-7-9-15-23(20)29(18-10-4-3-5-11-18)24-17-16-22-25(26(24)27)19-12-6-8-14-21(19)28-22/h3-10,12-18,28H,11H2,1-2H3. The van der Waals surface area contributed by atoms with Gasteiger partial charge in [0.25, 0.3) is 0 Å². The summed E-state index contributed by atoms with van der Waals surface area (Å²) >= 11 is 0. The van der Waals surface area contributed by atoms with Gasteiger partial charge in [0.1, 0.15) is 0 Å². The van der Waals surface area contributed by atoms with E-state index in [0.29, 0.717) is 6.04 Å². The average molecular weight is 377 g/mol. The second-order valence-electron chi connectivity index (χ2n) is 8.68. The highest BCUT2D eigenvalue weighted by Crippen LogP contribution is 2.53. The van der Waals surface area contributed by atoms with Crippen molar-refractivity contribution in [2.24, 2.45) is 0 Å². The largest absolute Gasteiger partial charge is 0.354 e. The van der Waals surface area contributed by atoms with Crippen molar-refractivity contribution in [1.29, 1.82) is 0 Å². The first-order valence-electron chi connectivity index (χ1n) is 10.4. The van der Waals surface area contributed by atoms with Crippen molar-refractivity contribution in [2.75, 3.05) is 4.90 Å². The number of fused-ring (bicyclic) bond motifs is 6. The van der Waals surface area contributed by atoms with Crippen LogP contribution in [0.2, 0.25) is 0 Å². The van der Waals surface area contributed by atoms with Gasteiger partial charge in [-0.1, -0.05) is 74.5 Å². The van der Waals surface area contributed by atoms with Crippen LogP contribution in [0.15, 0.2) is 85.0 Å². The van der Waals surface area contributed by atoms with Gasteiger partial charge in [-0.25, -0.2) is 0 Å². The van der Waals surface area contributed by atoms with Crippen LogP contribution >= 0.6 is 0 Å². The third-order valence-corrected chi connectivity index (χ3v) is 6.66. The highest BCUT2D eigenvalue weighted by molar-refractivity contribution is 6.12. The fraction of sp³-hybridized carbons (Fsp3) is 0.185. The summed E-state index contributed by atoms with van der Waals surface area (Å²) in [7, 11) is 0. The Morgan fingerprint density at radius 1 is 0.862 bits per heavy atom. The highest BCUT2D eigenvalue weighted by Gasteiger charge is 2.39. The molecule has 6 rings (SSSR count). The van der Waals surface area contributed by atoms with Gasteiger partial charge in [0.05, 0.1) is 6.04 Å². The molecular weight excluding hydrogens is 352 g/mol. The molecule has 1 aliphatic carbocycles. The number of aromatic amines is 1. The molecule has 3 aromatic carbocycles. The number of H-pyrrole nitrogens is 1. The van der Waals surface area contributed by atoms with Crippen molar-refractivity contribution in [3.63, 3.8) is 0 Å². The van der Waals surface area contributed by atoms with Gasteiger partial charge in [-0.3, -0.25) is 0 Å². The summed E-state index contributed by atoms with van der Waals surface area (Å²) in [5, 5.41) is 2.67. The van der Waals surface area contributed by atoms with Crippen LogP contribution < -0.4 is 4.90 Å². The Bertz CT molecular complexity index is 1320. The number of para-hydroxylation sites is 2. The molecule has 1 unspecified atom stereocenters. The van der Waals surface area contributed by atoms with E-state index in [1.54, 1.807) is 0 Å². The fourth-order valence-corrected chi connectivity index (χ4v) is 5.36. The van der Waals surface area contributed by atoms with Gasteiger partial charge < -0.3 is 9.88 Å². The van der Waals surface area contributed by atoms with Crippen LogP contribution in [0.3, 0.4) is 0 Å². The number of hydrogen-bond donors (Lipinski definition) is 1. The average Bonchev–Trinajstić information content (AvgIpc) is 3.13. The summed E-state index contributed by atoms with van der Waals surface area (Å²) in [6, 6.07) is 22.5. The van der Waals surface area contributed by atoms with Crippen LogP contribution in [-0.2, 0) is 5.41 Å². The first kappa shape index (κ1) is 16.7. The van der Waals surface area contributed by atoms with Gasteiger partial charge >= 0.3 is 0 Å². The molecule has 2 nitrogen and oxygen atoms in total. The Labute approximate surface area is 171 Å². The Balaban J connectivity index is 1.74. The van der Waals surface area contributed by atoms with Crippen LogP contribution in [0, 0.1) is 0 Å². The zero-order valence-electron chi connectivity index (χ0n) is 16.8. The normalized spacial score (nSPS) is 19.5. The Morgan fingerprint density at radius 3 is 2.55 bits per heavy atom. The summed E-state index contributed by atoms with van der Waals surface area (Å²) < 4.78 is 0. The maximum absolute atomic E-state index is 3.64. The van der Waals surface area contributed by atoms with Crippen LogP contribution in [-0.4, -0.2) is 11.0 Å². The number of rotatable bonds is 1. The van der Waals surface area contributed by atoms with E-state index in [-0.39, 0.29) is 5.41 Å². The van der Waals surface area contributed by atoms with Crippen LogP contribution in [0.4, 0.5) is 11.4 Å². The van der Waals surface area contributed by atoms with Crippen molar-refractivity contribution in [3.05, 3.63) is 96.1 Å². The van der Waals surface area contributed by atoms with Gasteiger partial charge in [0, 0.05) is 38.6 Å². The zero-order valence-corrected chi connectivity index (χ0v) is 16.8. The monoisotopic (exact) mass is 376 g/mol. The molecule has 0 amide bonds. The lowest BCUT2D eigenvalue weighted by Gasteiger charge is -2.45. The fourth-order valence-electron chi connectivity index (χ4n) is 5.36. The predicted octanol–water partition coefficient (Wildman–Crippen LogP) is 6.98. The first-order valence-corrected chi connectivity index (χ1v) is 10.4. The molecule has 1 aliphatic heterocycles. The van der Waals surface area contributed by atoms with Crippen molar-refractivity contribution in [1.82, 2.24) is 4.98 Å². The number of nitrogens with zero attached hydrogens (tertiary/aromatic N) is 1. The molecule has 0 fully saturated rings. The van der Waals surface area contributed by atoms with Crippen LogP contribution in [0.1, 0.15) is 31.4 Å². The molecule has 0 spiro atoms. The third-order valence-electron chi connectivity index (χ3n) is 6.66. The maximum atomic E-state index is 3.64. The number of aromatic nitrogens is 1. The molecule has 2 heterocycles. The molecular formula is C27H24N2. The first-order chi connectivity index (χ1) is 14.2. The Kier molecular flexibility index (Phi) is 3.37. The lowest BCUT2D eigenvalue weighted by atomic mass is 9.71. The smallest absolute Gasteiger partial charge is 0.0560 e. The van der Waals surface area contributed by atoms with E-state index in [0.717, 1.165) is 6.42 Å². The second-order valence-corrected chi connectivity index (χ2v) is 8.68. The molecule has 1 aromatic heterocycles. The molecule has 1 N–H and O–H groups in total. The Morgan fingerprint density at radius 2 is 1.69 bits per heavy atom. The van der Waals surface area contributed by atoms with Crippen LogP contribution in [0.5, 0.6) is 0 Å². The Hall–Kier alpha value is -3.26. The summed E-state index contributed by atoms with van der Waals surface area (Å²) in [5.41, 5.74) is 7.82. The minimum atomic E-state index is -0.0822. The number of benzene rings is 3. The molecule has 1 atom stereocenters. The molecule has 2 aliphatic rings. The van der Waals surface area contributed by atoms with E-state index >= 15 is 0 Å². The second kappa shape index (κ2) is 5.87. The molecule has 0 saturated heterocycles. The zero-order chi connectivity index (χ0) is 19.6. The van der Waals surface area contributed by atoms with Gasteiger partial charge in [-0.05, 0) is 41.8 Å². The summed E-state index contributed by atoms with van der Waals surface area (Å²) in [5.74, 6) is 0. The number of nitrogens with one attached hydrogen (secondary N) is 1. The molecule has 0 bridgehead atoms.